The molecule has 0 bridgehead atoms. The van der Waals surface area contributed by atoms with Gasteiger partial charge in [-0.15, -0.1) is 0 Å². The Morgan fingerprint density at radius 2 is 2.15 bits per heavy atom. The molecule has 0 aliphatic carbocycles. The molecule has 2 heterocycles. The molecule has 0 saturated carbocycles. The van der Waals surface area contributed by atoms with E-state index in [1.54, 1.807) is 0 Å². The van der Waals surface area contributed by atoms with Gasteiger partial charge in [0.15, 0.2) is 17.6 Å². The van der Waals surface area contributed by atoms with Gasteiger partial charge in [0.2, 0.25) is 5.28 Å². The molecule has 0 atom stereocenters. The molecule has 0 amide bonds. The van der Waals surface area contributed by atoms with E-state index in [0.29, 0.717) is 11.2 Å². The van der Waals surface area contributed by atoms with Crippen LogP contribution in [0.1, 0.15) is 0 Å². The summed E-state index contributed by atoms with van der Waals surface area (Å²) in [5.41, 5.74) is 0.649. The Morgan fingerprint density at radius 3 is 2.85 bits per heavy atom. The summed E-state index contributed by atoms with van der Waals surface area (Å²) in [7, 11) is 0. The predicted molar refractivity (Wildman–Crippen MR) is 46.5 cm³/mol. The molecule has 0 fully saturated rings. The maximum absolute atomic E-state index is 12.3. The van der Waals surface area contributed by atoms with Gasteiger partial charge in [-0.3, -0.25) is 4.57 Å². The predicted octanol–water partition coefficient (Wildman–Crippen LogP) is 2.06. The summed E-state index contributed by atoms with van der Waals surface area (Å²) in [5, 5.41) is 0.106. The Bertz CT molecular complexity index is 455. The maximum atomic E-state index is 12.3. The molecule has 0 unspecified atom stereocenters. The van der Waals surface area contributed by atoms with E-state index in [1.165, 1.54) is 10.9 Å². The van der Waals surface area contributed by atoms with Crippen LogP contribution in [0, 0.1) is 0 Å². The van der Waals surface area contributed by atoms with E-state index < -0.39 is 6.80 Å². The van der Waals surface area contributed by atoms with E-state index >= 15 is 0 Å². The number of fused-ring (bicyclic) bond motifs is 1. The van der Waals surface area contributed by atoms with Crippen molar-refractivity contribution in [3.8, 4) is 0 Å². The summed E-state index contributed by atoms with van der Waals surface area (Å²) in [4.78, 5) is 11.3. The van der Waals surface area contributed by atoms with Crippen LogP contribution in [0.2, 0.25) is 10.4 Å². The fourth-order valence-corrected chi connectivity index (χ4v) is 1.39. The monoisotopic (exact) mass is 220 g/mol. The van der Waals surface area contributed by atoms with Crippen molar-refractivity contribution in [2.75, 3.05) is 0 Å². The molecule has 0 radical (unpaired) electrons. The second-order valence-electron chi connectivity index (χ2n) is 2.29. The molecular weight excluding hydrogens is 218 g/mol. The van der Waals surface area contributed by atoms with E-state index in [4.69, 9.17) is 23.2 Å². The number of nitrogens with zero attached hydrogens (tertiary/aromatic N) is 4. The number of rotatable bonds is 1. The van der Waals surface area contributed by atoms with Crippen LogP contribution in [0.15, 0.2) is 6.33 Å². The van der Waals surface area contributed by atoms with Crippen molar-refractivity contribution in [3.05, 3.63) is 16.8 Å². The zero-order chi connectivity index (χ0) is 9.42. The molecule has 0 spiro atoms. The second-order valence-corrected chi connectivity index (χ2v) is 2.99. The molecular formula is C6H3Cl2FN4. The Morgan fingerprint density at radius 1 is 1.38 bits per heavy atom. The topological polar surface area (TPSA) is 43.6 Å². The van der Waals surface area contributed by atoms with Gasteiger partial charge in [-0.25, -0.2) is 14.4 Å². The number of hydrogen-bond acceptors (Lipinski definition) is 3. The lowest BCUT2D eigenvalue weighted by Gasteiger charge is -1.96. The molecule has 0 saturated heterocycles. The fourth-order valence-electron chi connectivity index (χ4n) is 0.972. The summed E-state index contributed by atoms with van der Waals surface area (Å²) in [5.74, 6) is 0. The normalized spacial score (nSPS) is 11.0. The Balaban J connectivity index is 2.82. The van der Waals surface area contributed by atoms with Crippen molar-refractivity contribution >= 4 is 34.4 Å². The standard InChI is InChI=1S/C6H3Cl2FN4/c7-4-3-5(12-6(8)11-4)13(1-9)2-10-3/h2H,1H2. The lowest BCUT2D eigenvalue weighted by atomic mass is 10.5. The van der Waals surface area contributed by atoms with Crippen molar-refractivity contribution in [2.45, 2.75) is 6.80 Å². The van der Waals surface area contributed by atoms with Crippen molar-refractivity contribution in [3.63, 3.8) is 0 Å². The van der Waals surface area contributed by atoms with E-state index in [0.717, 1.165) is 0 Å². The largest absolute Gasteiger partial charge is 0.286 e. The van der Waals surface area contributed by atoms with Gasteiger partial charge in [0.25, 0.3) is 0 Å². The van der Waals surface area contributed by atoms with Gasteiger partial charge >= 0.3 is 0 Å². The first-order valence-electron chi connectivity index (χ1n) is 3.32. The number of aromatic nitrogens is 4. The SMILES string of the molecule is FCn1cnc2c(Cl)nc(Cl)nc21. The highest BCUT2D eigenvalue weighted by Gasteiger charge is 2.10. The number of halogens is 3. The summed E-state index contributed by atoms with van der Waals surface area (Å²) in [6.45, 7) is -0.722. The molecule has 68 valence electrons. The van der Waals surface area contributed by atoms with Crippen molar-refractivity contribution in [2.24, 2.45) is 0 Å². The average molecular weight is 221 g/mol. The third-order valence-electron chi connectivity index (χ3n) is 1.52. The Labute approximate surface area is 82.3 Å². The minimum atomic E-state index is -0.722. The number of alkyl halides is 1. The van der Waals surface area contributed by atoms with Gasteiger partial charge < -0.3 is 0 Å². The quantitative estimate of drug-likeness (QED) is 0.546. The van der Waals surface area contributed by atoms with Gasteiger partial charge in [0.1, 0.15) is 5.52 Å². The van der Waals surface area contributed by atoms with E-state index in [9.17, 15) is 4.39 Å². The average Bonchev–Trinajstić information content (AvgIpc) is 2.47. The minimum Gasteiger partial charge on any atom is -0.286 e. The first kappa shape index (κ1) is 8.65. The summed E-state index contributed by atoms with van der Waals surface area (Å²) < 4.78 is 13.5. The highest BCUT2D eigenvalue weighted by molar-refractivity contribution is 6.35. The molecule has 2 aromatic heterocycles. The van der Waals surface area contributed by atoms with Gasteiger partial charge in [-0.05, 0) is 11.6 Å². The Hall–Kier alpha value is -0.940. The zero-order valence-corrected chi connectivity index (χ0v) is 7.72. The van der Waals surface area contributed by atoms with Gasteiger partial charge in [0, 0.05) is 0 Å². The van der Waals surface area contributed by atoms with Gasteiger partial charge in [0.05, 0.1) is 6.33 Å². The van der Waals surface area contributed by atoms with E-state index in [-0.39, 0.29) is 10.4 Å². The summed E-state index contributed by atoms with van der Waals surface area (Å²) in [6, 6.07) is 0. The van der Waals surface area contributed by atoms with Crippen LogP contribution in [-0.2, 0) is 6.80 Å². The lowest BCUT2D eigenvalue weighted by molar-refractivity contribution is 0.383. The smallest absolute Gasteiger partial charge is 0.225 e. The van der Waals surface area contributed by atoms with Gasteiger partial charge in [-0.1, -0.05) is 11.6 Å². The first-order chi connectivity index (χ1) is 6.22. The van der Waals surface area contributed by atoms with Crippen molar-refractivity contribution < 1.29 is 4.39 Å². The molecule has 4 nitrogen and oxygen atoms in total. The molecule has 13 heavy (non-hydrogen) atoms. The molecule has 2 aromatic rings. The van der Waals surface area contributed by atoms with E-state index in [2.05, 4.69) is 15.0 Å². The van der Waals surface area contributed by atoms with Crippen molar-refractivity contribution in [1.29, 1.82) is 0 Å². The Kier molecular flexibility index (Phi) is 2.05. The lowest BCUT2D eigenvalue weighted by Crippen LogP contribution is -1.93. The fraction of sp³-hybridized carbons (Fsp3) is 0.167. The third kappa shape index (κ3) is 1.34. The van der Waals surface area contributed by atoms with Crippen LogP contribution in [0.4, 0.5) is 4.39 Å². The maximum Gasteiger partial charge on any atom is 0.225 e. The van der Waals surface area contributed by atoms with Crippen LogP contribution in [-0.4, -0.2) is 19.5 Å². The second kappa shape index (κ2) is 3.08. The minimum absolute atomic E-state index is 0.0206. The molecule has 0 aliphatic heterocycles. The van der Waals surface area contributed by atoms with Crippen LogP contribution < -0.4 is 0 Å². The summed E-state index contributed by atoms with van der Waals surface area (Å²) in [6.07, 6.45) is 1.29. The van der Waals surface area contributed by atoms with Gasteiger partial charge in [-0.2, -0.15) is 4.98 Å². The third-order valence-corrected chi connectivity index (χ3v) is 1.96. The zero-order valence-electron chi connectivity index (χ0n) is 6.21. The van der Waals surface area contributed by atoms with Crippen LogP contribution in [0.5, 0.6) is 0 Å². The summed E-state index contributed by atoms with van der Waals surface area (Å²) >= 11 is 11.2. The van der Waals surface area contributed by atoms with Crippen LogP contribution in [0.3, 0.4) is 0 Å². The molecule has 7 heteroatoms. The molecule has 0 N–H and O–H groups in total. The first-order valence-corrected chi connectivity index (χ1v) is 4.08. The molecule has 0 aromatic carbocycles. The highest BCUT2D eigenvalue weighted by Crippen LogP contribution is 2.20. The highest BCUT2D eigenvalue weighted by atomic mass is 35.5. The van der Waals surface area contributed by atoms with E-state index in [1.807, 2.05) is 0 Å². The molecule has 2 rings (SSSR count). The molecule has 0 aliphatic rings. The van der Waals surface area contributed by atoms with Crippen molar-refractivity contribution in [1.82, 2.24) is 19.5 Å². The van der Waals surface area contributed by atoms with Crippen LogP contribution >= 0.6 is 23.2 Å². The van der Waals surface area contributed by atoms with Crippen LogP contribution in [0.25, 0.3) is 11.2 Å². The number of hydrogen-bond donors (Lipinski definition) is 0. The number of imidazole rings is 1.